The zero-order valence-corrected chi connectivity index (χ0v) is 9.85. The van der Waals surface area contributed by atoms with Gasteiger partial charge in [-0.2, -0.15) is 0 Å². The van der Waals surface area contributed by atoms with Crippen molar-refractivity contribution in [3.8, 4) is 0 Å². The minimum Gasteiger partial charge on any atom is -0.205 e. The number of rotatable bonds is 1. The maximum atomic E-state index is 13.6. The second-order valence-electron chi connectivity index (χ2n) is 2.68. The highest BCUT2D eigenvalue weighted by molar-refractivity contribution is 9.08. The van der Waals surface area contributed by atoms with E-state index in [9.17, 15) is 4.39 Å². The van der Waals surface area contributed by atoms with E-state index in [1.807, 2.05) is 12.1 Å². The third-order valence-electron chi connectivity index (χ3n) is 1.84. The normalized spacial score (nSPS) is 11.0. The van der Waals surface area contributed by atoms with E-state index < -0.39 is 0 Å². The third kappa shape index (κ3) is 1.63. The molecule has 0 nitrogen and oxygen atoms in total. The van der Waals surface area contributed by atoms with Crippen LogP contribution in [0.1, 0.15) is 5.56 Å². The lowest BCUT2D eigenvalue weighted by Gasteiger charge is -1.98. The predicted molar refractivity (Wildman–Crippen MR) is 61.7 cm³/mol. The van der Waals surface area contributed by atoms with Gasteiger partial charge in [-0.25, -0.2) is 4.39 Å². The van der Waals surface area contributed by atoms with E-state index in [1.54, 1.807) is 6.07 Å². The van der Waals surface area contributed by atoms with E-state index in [2.05, 4.69) is 28.6 Å². The van der Waals surface area contributed by atoms with Crippen molar-refractivity contribution in [2.24, 2.45) is 0 Å². The Morgan fingerprint density at radius 3 is 2.92 bits per heavy atom. The molecular formula is C9H6BrFS2. The van der Waals surface area contributed by atoms with Gasteiger partial charge in [-0.05, 0) is 17.0 Å². The first-order valence-corrected chi connectivity index (χ1v) is 6.06. The number of thiol groups is 1. The smallest absolute Gasteiger partial charge is 0.145 e. The van der Waals surface area contributed by atoms with Gasteiger partial charge < -0.3 is 0 Å². The molecule has 0 aliphatic carbocycles. The van der Waals surface area contributed by atoms with Crippen LogP contribution in [0.5, 0.6) is 0 Å². The fraction of sp³-hybridized carbons (Fsp3) is 0.111. The summed E-state index contributed by atoms with van der Waals surface area (Å²) in [5.74, 6) is -0.125. The lowest BCUT2D eigenvalue weighted by atomic mass is 10.2. The van der Waals surface area contributed by atoms with E-state index >= 15 is 0 Å². The summed E-state index contributed by atoms with van der Waals surface area (Å²) in [6, 6.07) is 5.60. The standard InChI is InChI=1S/C9H6BrFS2/c10-4-6-2-1-5-3-7(12)13-9(5)8(6)11/h1-3,12H,4H2. The molecule has 0 radical (unpaired) electrons. The van der Waals surface area contributed by atoms with Crippen molar-refractivity contribution in [1.29, 1.82) is 0 Å². The van der Waals surface area contributed by atoms with E-state index in [1.165, 1.54) is 11.3 Å². The number of halogens is 2. The molecule has 68 valence electrons. The Morgan fingerprint density at radius 1 is 1.46 bits per heavy atom. The molecule has 0 amide bonds. The molecule has 4 heteroatoms. The van der Waals surface area contributed by atoms with Crippen LogP contribution in [0.4, 0.5) is 4.39 Å². The Labute approximate surface area is 93.3 Å². The largest absolute Gasteiger partial charge is 0.205 e. The quantitative estimate of drug-likeness (QED) is 0.585. The average molecular weight is 277 g/mol. The number of thiophene rings is 1. The zero-order chi connectivity index (χ0) is 9.42. The van der Waals surface area contributed by atoms with Gasteiger partial charge in [-0.1, -0.05) is 28.1 Å². The Hall–Kier alpha value is -0.0600. The molecule has 0 spiro atoms. The van der Waals surface area contributed by atoms with Gasteiger partial charge in [-0.15, -0.1) is 24.0 Å². The van der Waals surface area contributed by atoms with Crippen LogP contribution in [-0.4, -0.2) is 0 Å². The molecule has 0 saturated carbocycles. The molecule has 0 atom stereocenters. The lowest BCUT2D eigenvalue weighted by molar-refractivity contribution is 0.632. The number of alkyl halides is 1. The zero-order valence-electron chi connectivity index (χ0n) is 6.55. The van der Waals surface area contributed by atoms with Crippen LogP contribution < -0.4 is 0 Å². The first-order valence-electron chi connectivity index (χ1n) is 3.68. The van der Waals surface area contributed by atoms with Crippen molar-refractivity contribution < 1.29 is 4.39 Å². The number of hydrogen-bond acceptors (Lipinski definition) is 2. The molecular weight excluding hydrogens is 271 g/mol. The Balaban J connectivity index is 2.78. The van der Waals surface area contributed by atoms with Crippen LogP contribution >= 0.6 is 39.9 Å². The van der Waals surface area contributed by atoms with E-state index in [0.29, 0.717) is 15.6 Å². The molecule has 1 heterocycles. The van der Waals surface area contributed by atoms with Gasteiger partial charge in [0, 0.05) is 5.33 Å². The predicted octanol–water partition coefficient (Wildman–Crippen LogP) is 4.22. The van der Waals surface area contributed by atoms with Crippen LogP contribution in [0.3, 0.4) is 0 Å². The van der Waals surface area contributed by atoms with Gasteiger partial charge in [0.1, 0.15) is 5.82 Å². The second kappa shape index (κ2) is 3.59. The molecule has 13 heavy (non-hydrogen) atoms. The van der Waals surface area contributed by atoms with Crippen molar-refractivity contribution in [3.05, 3.63) is 29.6 Å². The Bertz CT molecular complexity index is 450. The molecule has 1 aromatic carbocycles. The molecule has 0 bridgehead atoms. The van der Waals surface area contributed by atoms with Gasteiger partial charge in [0.05, 0.1) is 8.91 Å². The van der Waals surface area contributed by atoms with Crippen molar-refractivity contribution in [2.75, 3.05) is 0 Å². The first-order chi connectivity index (χ1) is 6.22. The summed E-state index contributed by atoms with van der Waals surface area (Å²) in [5, 5.41) is 1.48. The van der Waals surface area contributed by atoms with Crippen LogP contribution in [-0.2, 0) is 5.33 Å². The topological polar surface area (TPSA) is 0 Å². The van der Waals surface area contributed by atoms with Crippen LogP contribution in [0.2, 0.25) is 0 Å². The summed E-state index contributed by atoms with van der Waals surface area (Å²) in [4.78, 5) is 0. The fourth-order valence-corrected chi connectivity index (χ4v) is 2.91. The van der Waals surface area contributed by atoms with E-state index in [-0.39, 0.29) is 5.82 Å². The van der Waals surface area contributed by atoms with Gasteiger partial charge >= 0.3 is 0 Å². The van der Waals surface area contributed by atoms with Crippen molar-refractivity contribution in [2.45, 2.75) is 9.54 Å². The number of benzene rings is 1. The molecule has 2 rings (SSSR count). The minimum atomic E-state index is -0.125. The molecule has 0 saturated heterocycles. The molecule has 1 aromatic heterocycles. The highest BCUT2D eigenvalue weighted by Gasteiger charge is 2.08. The second-order valence-corrected chi connectivity index (χ2v) is 5.07. The first kappa shape index (κ1) is 9.49. The minimum absolute atomic E-state index is 0.125. The summed E-state index contributed by atoms with van der Waals surface area (Å²) >= 11 is 8.82. The van der Waals surface area contributed by atoms with Crippen LogP contribution in [0.15, 0.2) is 22.4 Å². The SMILES string of the molecule is Fc1c(CBr)ccc2cc(S)sc12. The number of hydrogen-bond donors (Lipinski definition) is 1. The van der Waals surface area contributed by atoms with Gasteiger partial charge in [-0.3, -0.25) is 0 Å². The molecule has 2 aromatic rings. The van der Waals surface area contributed by atoms with E-state index in [4.69, 9.17) is 0 Å². The summed E-state index contributed by atoms with van der Waals surface area (Å²) in [5.41, 5.74) is 0.697. The lowest BCUT2D eigenvalue weighted by Crippen LogP contribution is -1.84. The van der Waals surface area contributed by atoms with Crippen LogP contribution in [0.25, 0.3) is 10.1 Å². The van der Waals surface area contributed by atoms with Gasteiger partial charge in [0.2, 0.25) is 0 Å². The highest BCUT2D eigenvalue weighted by Crippen LogP contribution is 2.32. The number of fused-ring (bicyclic) bond motifs is 1. The summed E-state index contributed by atoms with van der Waals surface area (Å²) < 4.78 is 15.2. The molecule has 0 fully saturated rings. The fourth-order valence-electron chi connectivity index (χ4n) is 1.20. The molecule has 0 aliphatic heterocycles. The molecule has 0 aliphatic rings. The van der Waals surface area contributed by atoms with Crippen molar-refractivity contribution in [1.82, 2.24) is 0 Å². The van der Waals surface area contributed by atoms with Crippen molar-refractivity contribution >= 4 is 50.0 Å². The maximum absolute atomic E-state index is 13.6. The van der Waals surface area contributed by atoms with Gasteiger partial charge in [0.25, 0.3) is 0 Å². The maximum Gasteiger partial charge on any atom is 0.145 e. The summed E-state index contributed by atoms with van der Waals surface area (Å²) in [6.07, 6.45) is 0. The Morgan fingerprint density at radius 2 is 2.23 bits per heavy atom. The van der Waals surface area contributed by atoms with Gasteiger partial charge in [0.15, 0.2) is 0 Å². The average Bonchev–Trinajstić information content (AvgIpc) is 2.47. The summed E-state index contributed by atoms with van der Waals surface area (Å²) in [7, 11) is 0. The van der Waals surface area contributed by atoms with Crippen molar-refractivity contribution in [3.63, 3.8) is 0 Å². The highest BCUT2D eigenvalue weighted by atomic mass is 79.9. The molecule has 0 unspecified atom stereocenters. The Kier molecular flexibility index (Phi) is 2.62. The summed E-state index contributed by atoms with van der Waals surface area (Å²) in [6.45, 7) is 0. The monoisotopic (exact) mass is 276 g/mol. The van der Waals surface area contributed by atoms with E-state index in [0.717, 1.165) is 9.60 Å². The van der Waals surface area contributed by atoms with Crippen LogP contribution in [0, 0.1) is 5.82 Å². The molecule has 0 N–H and O–H groups in total. The third-order valence-corrected chi connectivity index (χ3v) is 3.79.